The van der Waals surface area contributed by atoms with Crippen LogP contribution in [0.4, 0.5) is 4.39 Å². The predicted molar refractivity (Wildman–Crippen MR) is 67.1 cm³/mol. The number of aromatic amines is 1. The molecule has 1 aromatic heterocycles. The molecule has 2 rings (SSSR count). The lowest BCUT2D eigenvalue weighted by Gasteiger charge is -2.04. The van der Waals surface area contributed by atoms with Crippen molar-refractivity contribution in [2.24, 2.45) is 0 Å². The highest BCUT2D eigenvalue weighted by Gasteiger charge is 2.09. The molecule has 0 atom stereocenters. The fraction of sp³-hybridized carbons (Fsp3) is 0.0833. The second kappa shape index (κ2) is 5.19. The van der Waals surface area contributed by atoms with Crippen molar-refractivity contribution in [2.45, 2.75) is 6.54 Å². The first kappa shape index (κ1) is 13.2. The number of nitrogens with zero attached hydrogens (tertiary/aromatic N) is 1. The van der Waals surface area contributed by atoms with Gasteiger partial charge >= 0.3 is 5.69 Å². The van der Waals surface area contributed by atoms with Crippen LogP contribution >= 0.6 is 11.6 Å². The Kier molecular flexibility index (Phi) is 3.62. The van der Waals surface area contributed by atoms with Crippen molar-refractivity contribution in [1.29, 1.82) is 0 Å². The van der Waals surface area contributed by atoms with Crippen LogP contribution in [0, 0.1) is 5.82 Å². The van der Waals surface area contributed by atoms with Crippen LogP contribution < -0.4 is 11.2 Å². The minimum Gasteiger partial charge on any atom is -0.292 e. The summed E-state index contributed by atoms with van der Waals surface area (Å²) in [6.45, 7) is -0.291. The molecule has 0 saturated carbocycles. The number of carbonyl (C=O) groups is 1. The van der Waals surface area contributed by atoms with E-state index in [0.29, 0.717) is 0 Å². The third kappa shape index (κ3) is 2.97. The largest absolute Gasteiger partial charge is 0.328 e. The van der Waals surface area contributed by atoms with Gasteiger partial charge in [0, 0.05) is 11.8 Å². The number of ketones is 1. The lowest BCUT2D eigenvalue weighted by molar-refractivity contribution is 0.0970. The number of halogens is 2. The van der Waals surface area contributed by atoms with E-state index in [1.54, 1.807) is 0 Å². The molecule has 0 unspecified atom stereocenters. The van der Waals surface area contributed by atoms with Crippen LogP contribution in [0.25, 0.3) is 0 Å². The fourth-order valence-corrected chi connectivity index (χ4v) is 1.65. The summed E-state index contributed by atoms with van der Waals surface area (Å²) in [6, 6.07) is 4.93. The van der Waals surface area contributed by atoms with Gasteiger partial charge in [-0.2, -0.15) is 0 Å². The first-order valence-electron chi connectivity index (χ1n) is 5.25. The van der Waals surface area contributed by atoms with E-state index < -0.39 is 22.8 Å². The summed E-state index contributed by atoms with van der Waals surface area (Å²) in [7, 11) is 0. The summed E-state index contributed by atoms with van der Waals surface area (Å²) >= 11 is 5.57. The zero-order valence-corrected chi connectivity index (χ0v) is 10.3. The lowest BCUT2D eigenvalue weighted by Crippen LogP contribution is -2.31. The highest BCUT2D eigenvalue weighted by atomic mass is 35.5. The predicted octanol–water partition coefficient (Wildman–Crippen LogP) is 1.21. The number of benzene rings is 1. The second-order valence-corrected chi connectivity index (χ2v) is 4.20. The highest BCUT2D eigenvalue weighted by molar-refractivity contribution is 6.30. The Morgan fingerprint density at radius 3 is 2.53 bits per heavy atom. The minimum absolute atomic E-state index is 0.188. The van der Waals surface area contributed by atoms with E-state index in [-0.39, 0.29) is 17.1 Å². The van der Waals surface area contributed by atoms with Crippen molar-refractivity contribution in [3.63, 3.8) is 0 Å². The molecule has 1 aromatic carbocycles. The van der Waals surface area contributed by atoms with Gasteiger partial charge in [-0.3, -0.25) is 19.1 Å². The number of rotatable bonds is 3. The molecular weight excluding hydrogens is 275 g/mol. The third-order valence-corrected chi connectivity index (χ3v) is 2.72. The van der Waals surface area contributed by atoms with E-state index in [2.05, 4.69) is 0 Å². The maximum Gasteiger partial charge on any atom is 0.328 e. The standard InChI is InChI=1S/C12H8ClFN2O3/c13-9-5-16(12(19)15-11(9)18)6-10(17)7-1-3-8(14)4-2-7/h1-5H,6H2,(H,15,18,19). The zero-order chi connectivity index (χ0) is 14.0. The molecule has 0 amide bonds. The molecule has 7 heteroatoms. The molecule has 0 saturated heterocycles. The normalized spacial score (nSPS) is 10.4. The van der Waals surface area contributed by atoms with Crippen molar-refractivity contribution < 1.29 is 9.18 Å². The van der Waals surface area contributed by atoms with E-state index in [0.717, 1.165) is 22.9 Å². The van der Waals surface area contributed by atoms with E-state index in [1.165, 1.54) is 12.1 Å². The molecule has 1 N–H and O–H groups in total. The Morgan fingerprint density at radius 2 is 1.89 bits per heavy atom. The van der Waals surface area contributed by atoms with Crippen LogP contribution in [0.15, 0.2) is 40.1 Å². The Morgan fingerprint density at radius 1 is 1.26 bits per heavy atom. The van der Waals surface area contributed by atoms with Crippen molar-refractivity contribution in [2.75, 3.05) is 0 Å². The molecule has 0 spiro atoms. The molecule has 2 aromatic rings. The fourth-order valence-electron chi connectivity index (χ4n) is 1.48. The van der Waals surface area contributed by atoms with Gasteiger partial charge in [-0.25, -0.2) is 9.18 Å². The summed E-state index contributed by atoms with van der Waals surface area (Å²) in [5.74, 6) is -0.856. The number of carbonyl (C=O) groups excluding carboxylic acids is 1. The van der Waals surface area contributed by atoms with Crippen molar-refractivity contribution in [3.8, 4) is 0 Å². The summed E-state index contributed by atoms with van der Waals surface area (Å²) in [5, 5.41) is -0.188. The van der Waals surface area contributed by atoms with E-state index in [4.69, 9.17) is 11.6 Å². The minimum atomic E-state index is -0.732. The lowest BCUT2D eigenvalue weighted by atomic mass is 10.1. The van der Waals surface area contributed by atoms with E-state index in [9.17, 15) is 18.8 Å². The number of hydrogen-bond acceptors (Lipinski definition) is 3. The topological polar surface area (TPSA) is 71.9 Å². The maximum atomic E-state index is 12.7. The Bertz CT molecular complexity index is 734. The molecule has 0 radical (unpaired) electrons. The Balaban J connectivity index is 2.29. The average molecular weight is 283 g/mol. The molecule has 0 bridgehead atoms. The summed E-state index contributed by atoms with van der Waals surface area (Å²) in [6.07, 6.45) is 1.09. The van der Waals surface area contributed by atoms with Crippen molar-refractivity contribution in [1.82, 2.24) is 9.55 Å². The molecule has 5 nitrogen and oxygen atoms in total. The van der Waals surface area contributed by atoms with Gasteiger partial charge in [0.25, 0.3) is 5.56 Å². The summed E-state index contributed by atoms with van der Waals surface area (Å²) in [5.41, 5.74) is -1.18. The monoisotopic (exact) mass is 282 g/mol. The number of H-pyrrole nitrogens is 1. The molecule has 0 aliphatic heterocycles. The molecule has 19 heavy (non-hydrogen) atoms. The van der Waals surface area contributed by atoms with Gasteiger partial charge in [-0.05, 0) is 24.3 Å². The Labute approximate surface area is 111 Å². The smallest absolute Gasteiger partial charge is 0.292 e. The van der Waals surface area contributed by atoms with Gasteiger partial charge in [0.1, 0.15) is 10.8 Å². The summed E-state index contributed by atoms with van der Waals surface area (Å²) in [4.78, 5) is 36.3. The molecular formula is C12H8ClFN2O3. The van der Waals surface area contributed by atoms with Crippen LogP contribution in [0.3, 0.4) is 0 Å². The van der Waals surface area contributed by atoms with Gasteiger partial charge in [0.15, 0.2) is 5.78 Å². The summed E-state index contributed by atoms with van der Waals surface area (Å²) < 4.78 is 13.7. The van der Waals surface area contributed by atoms with Crippen LogP contribution in [-0.2, 0) is 6.54 Å². The van der Waals surface area contributed by atoms with Crippen molar-refractivity contribution in [3.05, 3.63) is 67.7 Å². The number of aromatic nitrogens is 2. The molecule has 1 heterocycles. The van der Waals surface area contributed by atoms with Crippen LogP contribution in [-0.4, -0.2) is 15.3 Å². The van der Waals surface area contributed by atoms with Gasteiger partial charge in [0.05, 0.1) is 6.54 Å². The average Bonchev–Trinajstić information content (AvgIpc) is 2.36. The van der Waals surface area contributed by atoms with Gasteiger partial charge < -0.3 is 0 Å². The van der Waals surface area contributed by atoms with Crippen LogP contribution in [0.1, 0.15) is 10.4 Å². The third-order valence-electron chi connectivity index (χ3n) is 2.45. The number of hydrogen-bond donors (Lipinski definition) is 1. The van der Waals surface area contributed by atoms with Gasteiger partial charge in [-0.1, -0.05) is 11.6 Å². The van der Waals surface area contributed by atoms with Crippen LogP contribution in [0.5, 0.6) is 0 Å². The Hall–Kier alpha value is -2.21. The van der Waals surface area contributed by atoms with Crippen LogP contribution in [0.2, 0.25) is 5.02 Å². The second-order valence-electron chi connectivity index (χ2n) is 3.79. The molecule has 98 valence electrons. The van der Waals surface area contributed by atoms with Crippen molar-refractivity contribution >= 4 is 17.4 Å². The van der Waals surface area contributed by atoms with Gasteiger partial charge in [-0.15, -0.1) is 0 Å². The molecule has 0 fully saturated rings. The highest BCUT2D eigenvalue weighted by Crippen LogP contribution is 2.05. The zero-order valence-electron chi connectivity index (χ0n) is 9.52. The van der Waals surface area contributed by atoms with Gasteiger partial charge in [0.2, 0.25) is 0 Å². The molecule has 0 aliphatic rings. The van der Waals surface area contributed by atoms with E-state index in [1.807, 2.05) is 4.98 Å². The number of Topliss-reactive ketones (excluding diaryl/α,β-unsaturated/α-hetero) is 1. The van der Waals surface area contributed by atoms with E-state index >= 15 is 0 Å². The molecule has 0 aliphatic carbocycles. The quantitative estimate of drug-likeness (QED) is 0.860. The number of nitrogens with one attached hydrogen (secondary N) is 1. The first-order chi connectivity index (χ1) is 8.97. The first-order valence-corrected chi connectivity index (χ1v) is 5.63. The SMILES string of the molecule is O=C(Cn1cc(Cl)c(=O)[nH]c1=O)c1ccc(F)cc1. The maximum absolute atomic E-state index is 12.7.